The van der Waals surface area contributed by atoms with Crippen LogP contribution in [-0.4, -0.2) is 58.8 Å². The van der Waals surface area contributed by atoms with Crippen LogP contribution >= 0.6 is 0 Å². The minimum absolute atomic E-state index is 0.0203. The quantitative estimate of drug-likeness (QED) is 0.649. The molecule has 1 aliphatic carbocycles. The SMILES string of the molecule is NC1CCC(C(=O)N2CCN(C(=O)c3ccc([N+](=O)[O-])cc3)CC2)C1. The zero-order valence-electron chi connectivity index (χ0n) is 14.0. The summed E-state index contributed by atoms with van der Waals surface area (Å²) < 4.78 is 0. The van der Waals surface area contributed by atoms with Crippen LogP contribution in [0.2, 0.25) is 0 Å². The van der Waals surface area contributed by atoms with Gasteiger partial charge < -0.3 is 15.5 Å². The van der Waals surface area contributed by atoms with Gasteiger partial charge in [0.2, 0.25) is 5.91 Å². The van der Waals surface area contributed by atoms with Gasteiger partial charge in [0.15, 0.2) is 0 Å². The average Bonchev–Trinajstić information content (AvgIpc) is 3.07. The molecule has 0 radical (unpaired) electrons. The fraction of sp³-hybridized carbons (Fsp3) is 0.529. The second-order valence-corrected chi connectivity index (χ2v) is 6.69. The molecule has 0 bridgehead atoms. The summed E-state index contributed by atoms with van der Waals surface area (Å²) in [7, 11) is 0. The number of carbonyl (C=O) groups excluding carboxylic acids is 2. The molecule has 0 spiro atoms. The first kappa shape index (κ1) is 17.3. The standard InChI is InChI=1S/C17H22N4O4/c18-14-4-1-13(11-14)17(23)20-9-7-19(8-10-20)16(22)12-2-5-15(6-3-12)21(24)25/h2-3,5-6,13-14H,1,4,7-11,18H2. The summed E-state index contributed by atoms with van der Waals surface area (Å²) in [5, 5.41) is 10.7. The van der Waals surface area contributed by atoms with Crippen molar-refractivity contribution in [2.24, 2.45) is 11.7 Å². The van der Waals surface area contributed by atoms with Crippen LogP contribution in [0.15, 0.2) is 24.3 Å². The normalized spacial score (nSPS) is 23.6. The number of hydrogen-bond donors (Lipinski definition) is 1. The molecule has 1 aromatic rings. The molecule has 1 heterocycles. The van der Waals surface area contributed by atoms with E-state index in [0.717, 1.165) is 19.3 Å². The van der Waals surface area contributed by atoms with E-state index in [-0.39, 0.29) is 29.5 Å². The van der Waals surface area contributed by atoms with Crippen LogP contribution in [-0.2, 0) is 4.79 Å². The van der Waals surface area contributed by atoms with Gasteiger partial charge in [-0.2, -0.15) is 0 Å². The van der Waals surface area contributed by atoms with Gasteiger partial charge >= 0.3 is 0 Å². The van der Waals surface area contributed by atoms with Crippen molar-refractivity contribution in [3.63, 3.8) is 0 Å². The van der Waals surface area contributed by atoms with Crippen molar-refractivity contribution < 1.29 is 14.5 Å². The molecule has 1 saturated heterocycles. The Bertz CT molecular complexity index is 668. The Morgan fingerprint density at radius 1 is 1.04 bits per heavy atom. The van der Waals surface area contributed by atoms with E-state index < -0.39 is 4.92 Å². The van der Waals surface area contributed by atoms with Crippen molar-refractivity contribution in [3.05, 3.63) is 39.9 Å². The van der Waals surface area contributed by atoms with Gasteiger partial charge in [0.1, 0.15) is 0 Å². The van der Waals surface area contributed by atoms with Crippen LogP contribution < -0.4 is 5.73 Å². The fourth-order valence-corrected chi connectivity index (χ4v) is 3.54. The van der Waals surface area contributed by atoms with E-state index in [1.54, 1.807) is 4.90 Å². The van der Waals surface area contributed by atoms with Gasteiger partial charge in [-0.25, -0.2) is 0 Å². The Labute approximate surface area is 145 Å². The third-order valence-electron chi connectivity index (χ3n) is 5.03. The van der Waals surface area contributed by atoms with E-state index in [1.165, 1.54) is 24.3 Å². The molecule has 8 nitrogen and oxygen atoms in total. The van der Waals surface area contributed by atoms with Gasteiger partial charge in [-0.3, -0.25) is 19.7 Å². The average molecular weight is 346 g/mol. The maximum absolute atomic E-state index is 12.5. The van der Waals surface area contributed by atoms with Crippen LogP contribution in [0.3, 0.4) is 0 Å². The summed E-state index contributed by atoms with van der Waals surface area (Å²) in [6.45, 7) is 1.98. The van der Waals surface area contributed by atoms with Crippen LogP contribution in [0.4, 0.5) is 5.69 Å². The molecule has 2 fully saturated rings. The minimum Gasteiger partial charge on any atom is -0.339 e. The maximum Gasteiger partial charge on any atom is 0.269 e. The van der Waals surface area contributed by atoms with Crippen molar-refractivity contribution in [1.82, 2.24) is 9.80 Å². The first-order chi connectivity index (χ1) is 12.0. The highest BCUT2D eigenvalue weighted by molar-refractivity contribution is 5.94. The topological polar surface area (TPSA) is 110 Å². The molecule has 2 atom stereocenters. The second-order valence-electron chi connectivity index (χ2n) is 6.69. The summed E-state index contributed by atoms with van der Waals surface area (Å²) in [5.41, 5.74) is 6.27. The monoisotopic (exact) mass is 346 g/mol. The van der Waals surface area contributed by atoms with E-state index in [4.69, 9.17) is 5.73 Å². The lowest BCUT2D eigenvalue weighted by Crippen LogP contribution is -2.51. The predicted octanol–water partition coefficient (Wildman–Crippen LogP) is 1.01. The van der Waals surface area contributed by atoms with Crippen molar-refractivity contribution in [2.45, 2.75) is 25.3 Å². The van der Waals surface area contributed by atoms with E-state index in [1.807, 2.05) is 4.90 Å². The van der Waals surface area contributed by atoms with E-state index in [0.29, 0.717) is 31.7 Å². The number of non-ortho nitro benzene ring substituents is 1. The van der Waals surface area contributed by atoms with E-state index >= 15 is 0 Å². The zero-order valence-corrected chi connectivity index (χ0v) is 14.0. The lowest BCUT2D eigenvalue weighted by molar-refractivity contribution is -0.384. The van der Waals surface area contributed by atoms with Crippen molar-refractivity contribution in [2.75, 3.05) is 26.2 Å². The van der Waals surface area contributed by atoms with Crippen LogP contribution in [0.5, 0.6) is 0 Å². The number of nitro groups is 1. The number of nitro benzene ring substituents is 1. The Morgan fingerprint density at radius 2 is 1.64 bits per heavy atom. The smallest absolute Gasteiger partial charge is 0.269 e. The molecule has 0 aromatic heterocycles. The Morgan fingerprint density at radius 3 is 2.16 bits per heavy atom. The molecule has 2 N–H and O–H groups in total. The summed E-state index contributed by atoms with van der Waals surface area (Å²) in [4.78, 5) is 38.7. The number of nitrogens with zero attached hydrogens (tertiary/aromatic N) is 3. The van der Waals surface area contributed by atoms with Crippen LogP contribution in [0.1, 0.15) is 29.6 Å². The molecule has 2 amide bonds. The van der Waals surface area contributed by atoms with Gasteiger partial charge in [0.05, 0.1) is 4.92 Å². The second kappa shape index (κ2) is 7.18. The lowest BCUT2D eigenvalue weighted by atomic mass is 10.1. The summed E-state index contributed by atoms with van der Waals surface area (Å²) in [6, 6.07) is 5.72. The van der Waals surface area contributed by atoms with E-state index in [9.17, 15) is 19.7 Å². The summed E-state index contributed by atoms with van der Waals surface area (Å²) >= 11 is 0. The Kier molecular flexibility index (Phi) is 4.98. The number of amides is 2. The molecule has 1 aliphatic heterocycles. The van der Waals surface area contributed by atoms with Gasteiger partial charge in [0.25, 0.3) is 11.6 Å². The predicted molar refractivity (Wildman–Crippen MR) is 90.9 cm³/mol. The highest BCUT2D eigenvalue weighted by Crippen LogP contribution is 2.26. The summed E-state index contributed by atoms with van der Waals surface area (Å²) in [6.07, 6.45) is 2.50. The van der Waals surface area contributed by atoms with Crippen molar-refractivity contribution in [1.29, 1.82) is 0 Å². The third kappa shape index (κ3) is 3.79. The number of benzene rings is 1. The van der Waals surface area contributed by atoms with Crippen molar-refractivity contribution >= 4 is 17.5 Å². The largest absolute Gasteiger partial charge is 0.339 e. The van der Waals surface area contributed by atoms with Gasteiger partial charge in [-0.1, -0.05) is 0 Å². The summed E-state index contributed by atoms with van der Waals surface area (Å²) in [5.74, 6) is 0.00666. The maximum atomic E-state index is 12.5. The molecular weight excluding hydrogens is 324 g/mol. The number of nitrogens with two attached hydrogens (primary N) is 1. The highest BCUT2D eigenvalue weighted by atomic mass is 16.6. The van der Waals surface area contributed by atoms with Gasteiger partial charge in [-0.05, 0) is 31.4 Å². The minimum atomic E-state index is -0.493. The van der Waals surface area contributed by atoms with Crippen molar-refractivity contribution in [3.8, 4) is 0 Å². The lowest BCUT2D eigenvalue weighted by Gasteiger charge is -2.36. The molecule has 25 heavy (non-hydrogen) atoms. The molecule has 2 unspecified atom stereocenters. The molecule has 8 heteroatoms. The first-order valence-electron chi connectivity index (χ1n) is 8.54. The molecule has 3 rings (SSSR count). The fourth-order valence-electron chi connectivity index (χ4n) is 3.54. The molecular formula is C17H22N4O4. The van der Waals surface area contributed by atoms with Gasteiger partial charge in [-0.15, -0.1) is 0 Å². The molecule has 1 saturated carbocycles. The Balaban J connectivity index is 1.55. The van der Waals surface area contributed by atoms with Crippen LogP contribution in [0, 0.1) is 16.0 Å². The van der Waals surface area contributed by atoms with E-state index in [2.05, 4.69) is 0 Å². The van der Waals surface area contributed by atoms with Gasteiger partial charge in [0, 0.05) is 55.8 Å². The number of hydrogen-bond acceptors (Lipinski definition) is 5. The molecule has 134 valence electrons. The molecule has 1 aromatic carbocycles. The van der Waals surface area contributed by atoms with Crippen LogP contribution in [0.25, 0.3) is 0 Å². The zero-order chi connectivity index (χ0) is 18.0. The highest BCUT2D eigenvalue weighted by Gasteiger charge is 2.33. The third-order valence-corrected chi connectivity index (χ3v) is 5.03. The number of piperazine rings is 1. The molecule has 2 aliphatic rings. The number of rotatable bonds is 3. The first-order valence-corrected chi connectivity index (χ1v) is 8.54. The number of carbonyl (C=O) groups is 2. The Hall–Kier alpha value is -2.48.